The van der Waals surface area contributed by atoms with E-state index in [2.05, 4.69) is 15.5 Å². The summed E-state index contributed by atoms with van der Waals surface area (Å²) in [6.45, 7) is 0.544. The summed E-state index contributed by atoms with van der Waals surface area (Å²) in [6, 6.07) is 4.42. The van der Waals surface area contributed by atoms with E-state index < -0.39 is 4.92 Å². The number of nitrogens with zero attached hydrogens (tertiary/aromatic N) is 4. The number of aryl methyl sites for hydroxylation is 1. The largest absolute Gasteiger partial charge is 0.362 e. The van der Waals surface area contributed by atoms with Crippen LogP contribution in [0, 0.1) is 16.0 Å². The van der Waals surface area contributed by atoms with Crippen LogP contribution in [0.1, 0.15) is 60.1 Å². The molecule has 2 aromatic rings. The van der Waals surface area contributed by atoms with Gasteiger partial charge in [0.25, 0.3) is 11.6 Å². The molecule has 0 radical (unpaired) electrons. The molecular weight excluding hydrogens is 456 g/mol. The van der Waals surface area contributed by atoms with E-state index in [0.29, 0.717) is 24.5 Å². The van der Waals surface area contributed by atoms with Gasteiger partial charge in [-0.05, 0) is 69.4 Å². The highest BCUT2D eigenvalue weighted by atomic mass is 35.5. The smallest absolute Gasteiger partial charge is 0.288 e. The number of nitro benzene ring substituents is 1. The van der Waals surface area contributed by atoms with Crippen molar-refractivity contribution in [3.63, 3.8) is 0 Å². The number of fused-ring (bicyclic) bond motifs is 1. The quantitative estimate of drug-likeness (QED) is 0.441. The molecule has 0 saturated heterocycles. The highest BCUT2D eigenvalue weighted by Gasteiger charge is 2.25. The topological polar surface area (TPSA) is 113 Å². The van der Waals surface area contributed by atoms with Crippen molar-refractivity contribution in [2.75, 3.05) is 30.9 Å². The summed E-state index contributed by atoms with van der Waals surface area (Å²) in [5, 5.41) is 17.5. The van der Waals surface area contributed by atoms with E-state index in [-0.39, 0.29) is 22.2 Å². The van der Waals surface area contributed by atoms with E-state index in [1.165, 1.54) is 42.3 Å². The monoisotopic (exact) mass is 486 g/mol. The molecule has 182 valence electrons. The molecule has 1 amide bonds. The molecule has 0 atom stereocenters. The van der Waals surface area contributed by atoms with Crippen LogP contribution in [-0.4, -0.2) is 47.5 Å². The summed E-state index contributed by atoms with van der Waals surface area (Å²) in [4.78, 5) is 34.7. The number of carbonyl (C=O) groups excluding carboxylic acids is 1. The number of carbonyl (C=O) groups is 1. The van der Waals surface area contributed by atoms with Crippen molar-refractivity contribution in [1.82, 2.24) is 15.3 Å². The predicted molar refractivity (Wildman–Crippen MR) is 133 cm³/mol. The number of hydrogen-bond donors (Lipinski definition) is 2. The number of hydrogen-bond acceptors (Lipinski definition) is 7. The maximum Gasteiger partial charge on any atom is 0.288 e. The van der Waals surface area contributed by atoms with Crippen LogP contribution < -0.4 is 15.5 Å². The molecule has 0 bridgehead atoms. The molecule has 4 rings (SSSR count). The molecule has 34 heavy (non-hydrogen) atoms. The van der Waals surface area contributed by atoms with E-state index in [1.807, 2.05) is 14.1 Å². The first kappa shape index (κ1) is 24.2. The number of halogens is 1. The number of benzene rings is 1. The first-order chi connectivity index (χ1) is 16.3. The Labute approximate surface area is 204 Å². The van der Waals surface area contributed by atoms with Crippen LogP contribution in [0.4, 0.5) is 17.5 Å². The summed E-state index contributed by atoms with van der Waals surface area (Å²) in [5.41, 5.74) is 2.44. The maximum atomic E-state index is 12.5. The Bertz CT molecular complexity index is 1070. The molecular formula is C24H31ClN6O3. The van der Waals surface area contributed by atoms with Crippen LogP contribution in [0.2, 0.25) is 5.02 Å². The van der Waals surface area contributed by atoms with Crippen molar-refractivity contribution in [2.45, 2.75) is 57.4 Å². The number of nitrogens with one attached hydrogen (secondary N) is 2. The minimum atomic E-state index is -0.582. The van der Waals surface area contributed by atoms with Crippen LogP contribution in [0.25, 0.3) is 0 Å². The lowest BCUT2D eigenvalue weighted by molar-refractivity contribution is -0.384. The molecule has 1 aromatic heterocycles. The van der Waals surface area contributed by atoms with Gasteiger partial charge in [-0.25, -0.2) is 4.98 Å². The zero-order chi connectivity index (χ0) is 24.2. The summed E-state index contributed by atoms with van der Waals surface area (Å²) in [6.07, 6.45) is 8.33. The lowest BCUT2D eigenvalue weighted by Gasteiger charge is -2.30. The fourth-order valence-corrected chi connectivity index (χ4v) is 5.02. The average Bonchev–Trinajstić information content (AvgIpc) is 2.83. The summed E-state index contributed by atoms with van der Waals surface area (Å²) in [7, 11) is 4.06. The molecule has 10 heteroatoms. The van der Waals surface area contributed by atoms with Gasteiger partial charge in [0.1, 0.15) is 10.8 Å². The average molecular weight is 487 g/mol. The fraction of sp³-hybridized carbons (Fsp3) is 0.542. The van der Waals surface area contributed by atoms with Crippen LogP contribution in [0.15, 0.2) is 18.2 Å². The van der Waals surface area contributed by atoms with Gasteiger partial charge in [-0.1, -0.05) is 11.6 Å². The van der Waals surface area contributed by atoms with Crippen LogP contribution >= 0.6 is 11.6 Å². The molecule has 0 aliphatic heterocycles. The van der Waals surface area contributed by atoms with Crippen molar-refractivity contribution in [1.29, 1.82) is 0 Å². The lowest BCUT2D eigenvalue weighted by Crippen LogP contribution is -2.34. The van der Waals surface area contributed by atoms with Crippen LogP contribution in [0.5, 0.6) is 0 Å². The molecule has 2 N–H and O–H groups in total. The van der Waals surface area contributed by atoms with Gasteiger partial charge in [0, 0.05) is 43.9 Å². The molecule has 1 heterocycles. The molecule has 9 nitrogen and oxygen atoms in total. The lowest BCUT2D eigenvalue weighted by atomic mass is 9.86. The van der Waals surface area contributed by atoms with Gasteiger partial charge in [0.15, 0.2) is 0 Å². The highest BCUT2D eigenvalue weighted by Crippen LogP contribution is 2.30. The van der Waals surface area contributed by atoms with Gasteiger partial charge >= 0.3 is 0 Å². The minimum Gasteiger partial charge on any atom is -0.362 e. The Morgan fingerprint density at radius 1 is 1.18 bits per heavy atom. The number of rotatable bonds is 7. The number of aromatic nitrogens is 2. The van der Waals surface area contributed by atoms with E-state index in [1.54, 1.807) is 0 Å². The first-order valence-corrected chi connectivity index (χ1v) is 12.3. The van der Waals surface area contributed by atoms with Gasteiger partial charge in [0.2, 0.25) is 5.95 Å². The SMILES string of the molecule is CN(C)c1nc(NC2CCC(CNC(=O)c3ccc(Cl)c([N+](=O)[O-])c3)CC2)nc2c1CCCC2. The fourth-order valence-electron chi connectivity index (χ4n) is 4.84. The van der Waals surface area contributed by atoms with Crippen LogP contribution in [-0.2, 0) is 12.8 Å². The molecule has 1 fully saturated rings. The Morgan fingerprint density at radius 2 is 1.91 bits per heavy atom. The Hall–Kier alpha value is -2.94. The summed E-state index contributed by atoms with van der Waals surface area (Å²) in [5.74, 6) is 1.78. The zero-order valence-electron chi connectivity index (χ0n) is 19.6. The molecule has 2 aliphatic rings. The third-order valence-corrected chi connectivity index (χ3v) is 7.04. The number of anilines is 2. The summed E-state index contributed by atoms with van der Waals surface area (Å²) < 4.78 is 0. The Kier molecular flexibility index (Phi) is 7.50. The molecule has 0 spiro atoms. The third kappa shape index (κ3) is 5.58. The van der Waals surface area contributed by atoms with Gasteiger partial charge in [-0.15, -0.1) is 0 Å². The molecule has 2 aliphatic carbocycles. The second-order valence-corrected chi connectivity index (χ2v) is 9.80. The molecule has 1 saturated carbocycles. The second kappa shape index (κ2) is 10.5. The minimum absolute atomic E-state index is 0.0213. The van der Waals surface area contributed by atoms with Gasteiger partial charge in [0.05, 0.1) is 10.6 Å². The standard InChI is InChI=1S/C24H31ClN6O3/c1-30(2)22-18-5-3-4-6-20(18)28-24(29-22)27-17-10-7-15(8-11-17)14-26-23(32)16-9-12-19(25)21(13-16)31(33)34/h9,12-13,15,17H,3-8,10-11,14H2,1-2H3,(H,26,32)(H,27,28,29). The Balaban J connectivity index is 1.30. The van der Waals surface area contributed by atoms with Gasteiger partial charge in [-0.2, -0.15) is 4.98 Å². The van der Waals surface area contributed by atoms with E-state index >= 15 is 0 Å². The van der Waals surface area contributed by atoms with E-state index in [4.69, 9.17) is 21.6 Å². The third-order valence-electron chi connectivity index (χ3n) is 6.72. The first-order valence-electron chi connectivity index (χ1n) is 11.9. The second-order valence-electron chi connectivity index (χ2n) is 9.39. The predicted octanol–water partition coefficient (Wildman–Crippen LogP) is 4.38. The van der Waals surface area contributed by atoms with Crippen molar-refractivity contribution >= 4 is 35.0 Å². The molecule has 0 unspecified atom stereocenters. The van der Waals surface area contributed by atoms with E-state index in [0.717, 1.165) is 44.3 Å². The number of nitro groups is 1. The van der Waals surface area contributed by atoms with E-state index in [9.17, 15) is 14.9 Å². The maximum absolute atomic E-state index is 12.5. The van der Waals surface area contributed by atoms with Crippen molar-refractivity contribution in [3.05, 3.63) is 50.2 Å². The van der Waals surface area contributed by atoms with Gasteiger partial charge in [-0.3, -0.25) is 14.9 Å². The van der Waals surface area contributed by atoms with Crippen LogP contribution in [0.3, 0.4) is 0 Å². The highest BCUT2D eigenvalue weighted by molar-refractivity contribution is 6.32. The Morgan fingerprint density at radius 3 is 2.62 bits per heavy atom. The molecule has 1 aromatic carbocycles. The van der Waals surface area contributed by atoms with Gasteiger partial charge < -0.3 is 15.5 Å². The normalized spacial score (nSPS) is 19.7. The zero-order valence-corrected chi connectivity index (χ0v) is 20.4. The summed E-state index contributed by atoms with van der Waals surface area (Å²) >= 11 is 5.83. The van der Waals surface area contributed by atoms with Crippen molar-refractivity contribution < 1.29 is 9.72 Å². The van der Waals surface area contributed by atoms with Crippen molar-refractivity contribution in [2.24, 2.45) is 5.92 Å². The van der Waals surface area contributed by atoms with Crippen molar-refractivity contribution in [3.8, 4) is 0 Å². The number of amides is 1.